The van der Waals surface area contributed by atoms with Crippen molar-refractivity contribution < 1.29 is 13.5 Å². The van der Waals surface area contributed by atoms with Crippen LogP contribution in [-0.2, 0) is 15.6 Å². The summed E-state index contributed by atoms with van der Waals surface area (Å²) in [5.74, 6) is -0.00494. The van der Waals surface area contributed by atoms with E-state index in [1.807, 2.05) is 0 Å². The fraction of sp³-hybridized carbons (Fsp3) is 0.500. The molecule has 0 amide bonds. The molecule has 0 aliphatic carbocycles. The van der Waals surface area contributed by atoms with Crippen LogP contribution in [0.15, 0.2) is 24.3 Å². The van der Waals surface area contributed by atoms with Crippen molar-refractivity contribution in [3.8, 4) is 5.75 Å². The number of benzene rings is 1. The fourth-order valence-corrected chi connectivity index (χ4v) is 3.99. The molecule has 2 rings (SSSR count). The van der Waals surface area contributed by atoms with Gasteiger partial charge >= 0.3 is 0 Å². The Morgan fingerprint density at radius 1 is 1.24 bits per heavy atom. The van der Waals surface area contributed by atoms with Crippen molar-refractivity contribution >= 4 is 9.84 Å². The molecule has 4 nitrogen and oxygen atoms in total. The summed E-state index contributed by atoms with van der Waals surface area (Å²) >= 11 is 0. The minimum Gasteiger partial charge on any atom is -0.508 e. The smallest absolute Gasteiger partial charge is 0.157 e. The average molecular weight is 255 g/mol. The van der Waals surface area contributed by atoms with Crippen LogP contribution >= 0.6 is 0 Å². The Kier molecular flexibility index (Phi) is 3.69. The van der Waals surface area contributed by atoms with Gasteiger partial charge in [-0.05, 0) is 32.0 Å². The van der Waals surface area contributed by atoms with Crippen molar-refractivity contribution in [2.45, 2.75) is 23.8 Å². The van der Waals surface area contributed by atoms with Gasteiger partial charge in [0.05, 0.1) is 11.0 Å². The maximum Gasteiger partial charge on any atom is 0.157 e. The molecule has 0 bridgehead atoms. The van der Waals surface area contributed by atoms with Crippen LogP contribution in [0, 0.1) is 0 Å². The van der Waals surface area contributed by atoms with Crippen LogP contribution in [0.5, 0.6) is 5.75 Å². The summed E-state index contributed by atoms with van der Waals surface area (Å²) < 4.78 is 24.3. The minimum atomic E-state index is -3.16. The van der Waals surface area contributed by atoms with Gasteiger partial charge in [0.2, 0.25) is 0 Å². The molecular weight excluding hydrogens is 238 g/mol. The maximum absolute atomic E-state index is 12.2. The lowest BCUT2D eigenvalue weighted by Crippen LogP contribution is -2.36. The van der Waals surface area contributed by atoms with E-state index in [0.29, 0.717) is 18.4 Å². The highest BCUT2D eigenvalue weighted by atomic mass is 32.2. The normalized spacial score (nSPS) is 18.1. The molecule has 0 unspecified atom stereocenters. The van der Waals surface area contributed by atoms with Gasteiger partial charge < -0.3 is 10.4 Å². The summed E-state index contributed by atoms with van der Waals surface area (Å²) in [6.45, 7) is 1.51. The third kappa shape index (κ3) is 2.98. The summed E-state index contributed by atoms with van der Waals surface area (Å²) in [5.41, 5.74) is 0.492. The second-order valence-electron chi connectivity index (χ2n) is 4.39. The van der Waals surface area contributed by atoms with E-state index in [0.717, 1.165) is 13.1 Å². The summed E-state index contributed by atoms with van der Waals surface area (Å²) in [4.78, 5) is 0. The van der Waals surface area contributed by atoms with Gasteiger partial charge in [0.15, 0.2) is 9.84 Å². The molecule has 1 aromatic rings. The number of piperidine rings is 1. The van der Waals surface area contributed by atoms with E-state index in [4.69, 9.17) is 0 Å². The molecule has 0 atom stereocenters. The van der Waals surface area contributed by atoms with E-state index >= 15 is 0 Å². The lowest BCUT2D eigenvalue weighted by atomic mass is 10.2. The first-order chi connectivity index (χ1) is 8.09. The highest BCUT2D eigenvalue weighted by molar-refractivity contribution is 7.91. The first kappa shape index (κ1) is 12.4. The van der Waals surface area contributed by atoms with Crippen LogP contribution in [0.3, 0.4) is 0 Å². The van der Waals surface area contributed by atoms with Crippen molar-refractivity contribution in [1.82, 2.24) is 5.32 Å². The predicted octanol–water partition coefficient (Wildman–Crippen LogP) is 1.06. The van der Waals surface area contributed by atoms with E-state index in [1.54, 1.807) is 18.2 Å². The van der Waals surface area contributed by atoms with Crippen molar-refractivity contribution in [1.29, 1.82) is 0 Å². The fourth-order valence-electron chi connectivity index (χ4n) is 2.12. The number of sulfone groups is 1. The zero-order chi connectivity index (χ0) is 12.3. The molecule has 1 aliphatic heterocycles. The van der Waals surface area contributed by atoms with Gasteiger partial charge in [-0.25, -0.2) is 8.42 Å². The van der Waals surface area contributed by atoms with E-state index < -0.39 is 9.84 Å². The Morgan fingerprint density at radius 2 is 1.88 bits per heavy atom. The lowest BCUT2D eigenvalue weighted by molar-refractivity contribution is 0.468. The first-order valence-electron chi connectivity index (χ1n) is 5.79. The van der Waals surface area contributed by atoms with Crippen molar-refractivity contribution in [2.24, 2.45) is 0 Å². The minimum absolute atomic E-state index is 0.0602. The molecule has 1 aromatic carbocycles. The van der Waals surface area contributed by atoms with Crippen LogP contribution in [0.2, 0.25) is 0 Å². The molecule has 2 N–H and O–H groups in total. The van der Waals surface area contributed by atoms with Crippen molar-refractivity contribution in [3.05, 3.63) is 29.8 Å². The number of phenolic OH excluding ortho intramolecular Hbond substituents is 1. The number of hydrogen-bond donors (Lipinski definition) is 2. The molecule has 17 heavy (non-hydrogen) atoms. The number of para-hydroxylation sites is 1. The van der Waals surface area contributed by atoms with Crippen molar-refractivity contribution in [2.75, 3.05) is 13.1 Å². The molecule has 1 heterocycles. The summed E-state index contributed by atoms with van der Waals surface area (Å²) in [7, 11) is -3.16. The lowest BCUT2D eigenvalue weighted by Gasteiger charge is -2.22. The predicted molar refractivity (Wildman–Crippen MR) is 66.6 cm³/mol. The number of aromatic hydroxyl groups is 1. The largest absolute Gasteiger partial charge is 0.508 e. The SMILES string of the molecule is O=S(=O)(Cc1ccccc1O)C1CCNCC1. The van der Waals surface area contributed by atoms with Crippen LogP contribution < -0.4 is 5.32 Å². The quantitative estimate of drug-likeness (QED) is 0.847. The van der Waals surface area contributed by atoms with Crippen LogP contribution in [0.25, 0.3) is 0 Å². The summed E-state index contributed by atoms with van der Waals surface area (Å²) in [6.07, 6.45) is 1.33. The van der Waals surface area contributed by atoms with Gasteiger partial charge in [-0.15, -0.1) is 0 Å². The molecule has 0 radical (unpaired) electrons. The zero-order valence-electron chi connectivity index (χ0n) is 9.59. The van der Waals surface area contributed by atoms with E-state index in [9.17, 15) is 13.5 Å². The van der Waals surface area contributed by atoms with E-state index in [1.165, 1.54) is 6.07 Å². The van der Waals surface area contributed by atoms with Crippen molar-refractivity contribution in [3.63, 3.8) is 0 Å². The second-order valence-corrected chi connectivity index (χ2v) is 6.67. The van der Waals surface area contributed by atoms with Gasteiger partial charge in [0.1, 0.15) is 5.75 Å². The Balaban J connectivity index is 2.14. The topological polar surface area (TPSA) is 66.4 Å². The molecule has 1 saturated heterocycles. The molecule has 0 aromatic heterocycles. The molecule has 94 valence electrons. The standard InChI is InChI=1S/C12H17NO3S/c14-12-4-2-1-3-10(12)9-17(15,16)11-5-7-13-8-6-11/h1-4,11,13-14H,5-9H2. The maximum atomic E-state index is 12.2. The van der Waals surface area contributed by atoms with Gasteiger partial charge in [0.25, 0.3) is 0 Å². The van der Waals surface area contributed by atoms with Crippen LogP contribution in [0.1, 0.15) is 18.4 Å². The van der Waals surface area contributed by atoms with E-state index in [-0.39, 0.29) is 16.8 Å². The highest BCUT2D eigenvalue weighted by Crippen LogP contribution is 2.23. The molecule has 1 aliphatic rings. The Hall–Kier alpha value is -1.07. The summed E-state index contributed by atoms with van der Waals surface area (Å²) in [6, 6.07) is 6.62. The highest BCUT2D eigenvalue weighted by Gasteiger charge is 2.27. The third-order valence-corrected chi connectivity index (χ3v) is 5.34. The number of phenols is 1. The molecule has 1 fully saturated rings. The zero-order valence-corrected chi connectivity index (χ0v) is 10.4. The molecule has 0 saturated carbocycles. The molecule has 5 heteroatoms. The molecule has 0 spiro atoms. The van der Waals surface area contributed by atoms with Gasteiger partial charge in [-0.3, -0.25) is 0 Å². The van der Waals surface area contributed by atoms with Crippen LogP contribution in [-0.4, -0.2) is 31.9 Å². The monoisotopic (exact) mass is 255 g/mol. The van der Waals surface area contributed by atoms with Gasteiger partial charge in [0, 0.05) is 5.56 Å². The molecular formula is C12H17NO3S. The Morgan fingerprint density at radius 3 is 2.53 bits per heavy atom. The Labute approximate surface area is 102 Å². The van der Waals surface area contributed by atoms with Crippen LogP contribution in [0.4, 0.5) is 0 Å². The Bertz CT molecular complexity index is 478. The summed E-state index contributed by atoms with van der Waals surface area (Å²) in [5, 5.41) is 12.5. The van der Waals surface area contributed by atoms with E-state index in [2.05, 4.69) is 5.32 Å². The number of hydrogen-bond acceptors (Lipinski definition) is 4. The third-order valence-electron chi connectivity index (χ3n) is 3.14. The van der Waals surface area contributed by atoms with Gasteiger partial charge in [-0.2, -0.15) is 0 Å². The first-order valence-corrected chi connectivity index (χ1v) is 7.50. The number of rotatable bonds is 3. The average Bonchev–Trinajstić information content (AvgIpc) is 2.33. The number of nitrogens with one attached hydrogen (secondary N) is 1. The van der Waals surface area contributed by atoms with Gasteiger partial charge in [-0.1, -0.05) is 18.2 Å². The second kappa shape index (κ2) is 5.06.